The molecule has 0 saturated carbocycles. The number of aromatic nitrogens is 4. The number of hydrogen-bond acceptors (Lipinski definition) is 4. The van der Waals surface area contributed by atoms with Crippen LogP contribution in [-0.2, 0) is 6.42 Å². The molecule has 0 bridgehead atoms. The second kappa shape index (κ2) is 4.53. The maximum Gasteiger partial charge on any atom is 0.0947 e. The molecule has 2 aromatic heterocycles. The van der Waals surface area contributed by atoms with Gasteiger partial charge in [-0.05, 0) is 12.3 Å². The van der Waals surface area contributed by atoms with Crippen LogP contribution in [0.15, 0.2) is 24.8 Å². The van der Waals surface area contributed by atoms with Crippen LogP contribution in [0.4, 0.5) is 0 Å². The molecule has 0 amide bonds. The van der Waals surface area contributed by atoms with Crippen molar-refractivity contribution in [3.05, 3.63) is 35.9 Å². The summed E-state index contributed by atoms with van der Waals surface area (Å²) in [5.41, 5.74) is 6.12. The van der Waals surface area contributed by atoms with Crippen LogP contribution in [0.25, 0.3) is 22.1 Å². The van der Waals surface area contributed by atoms with Crippen molar-refractivity contribution >= 4 is 22.1 Å². The first kappa shape index (κ1) is 12.0. The number of rotatable bonds is 2. The fourth-order valence-corrected chi connectivity index (χ4v) is 2.62. The Hall–Kier alpha value is -2.10. The van der Waals surface area contributed by atoms with Crippen molar-refractivity contribution in [1.82, 2.24) is 19.9 Å². The zero-order valence-electron chi connectivity index (χ0n) is 11.4. The van der Waals surface area contributed by atoms with E-state index in [9.17, 15) is 0 Å². The highest BCUT2D eigenvalue weighted by molar-refractivity contribution is 5.99. The Morgan fingerprint density at radius 3 is 1.58 bits per heavy atom. The number of aryl methyl sites for hydroxylation is 1. The molecule has 0 N–H and O–H groups in total. The first-order valence-corrected chi connectivity index (χ1v) is 6.60. The van der Waals surface area contributed by atoms with Crippen LogP contribution in [-0.4, -0.2) is 19.9 Å². The minimum absolute atomic E-state index is 0.337. The average Bonchev–Trinajstić information content (AvgIpc) is 2.44. The lowest BCUT2D eigenvalue weighted by molar-refractivity contribution is 0.875. The summed E-state index contributed by atoms with van der Waals surface area (Å²) in [5, 5.41) is 0. The van der Waals surface area contributed by atoms with Crippen molar-refractivity contribution in [2.75, 3.05) is 0 Å². The molecular formula is C15H16N4. The van der Waals surface area contributed by atoms with Crippen molar-refractivity contribution in [3.63, 3.8) is 0 Å². The van der Waals surface area contributed by atoms with Gasteiger partial charge in [0, 0.05) is 35.9 Å². The Kier molecular flexibility index (Phi) is 2.85. The summed E-state index contributed by atoms with van der Waals surface area (Å²) in [7, 11) is 0. The average molecular weight is 252 g/mol. The van der Waals surface area contributed by atoms with Gasteiger partial charge in [0.1, 0.15) is 0 Å². The van der Waals surface area contributed by atoms with Crippen LogP contribution < -0.4 is 0 Å². The molecule has 3 rings (SSSR count). The molecule has 0 spiro atoms. The predicted molar refractivity (Wildman–Crippen MR) is 76.1 cm³/mol. The Balaban J connectivity index is 2.61. The molecule has 3 aromatic rings. The van der Waals surface area contributed by atoms with Gasteiger partial charge in [-0.3, -0.25) is 19.9 Å². The van der Waals surface area contributed by atoms with Crippen LogP contribution in [0.2, 0.25) is 0 Å². The van der Waals surface area contributed by atoms with E-state index in [4.69, 9.17) is 0 Å². The van der Waals surface area contributed by atoms with Crippen LogP contribution in [0.1, 0.15) is 37.8 Å². The third kappa shape index (κ3) is 1.75. The molecule has 0 atom stereocenters. The largest absolute Gasteiger partial charge is 0.253 e. The lowest BCUT2D eigenvalue weighted by Gasteiger charge is -2.14. The van der Waals surface area contributed by atoms with Gasteiger partial charge in [-0.2, -0.15) is 0 Å². The van der Waals surface area contributed by atoms with E-state index in [2.05, 4.69) is 40.7 Å². The Morgan fingerprint density at radius 1 is 0.789 bits per heavy atom. The van der Waals surface area contributed by atoms with Crippen molar-refractivity contribution in [1.29, 1.82) is 0 Å². The lowest BCUT2D eigenvalue weighted by Crippen LogP contribution is -2.02. The van der Waals surface area contributed by atoms with Crippen molar-refractivity contribution < 1.29 is 0 Å². The molecule has 4 nitrogen and oxygen atoms in total. The maximum atomic E-state index is 4.53. The van der Waals surface area contributed by atoms with Gasteiger partial charge >= 0.3 is 0 Å². The topological polar surface area (TPSA) is 51.6 Å². The minimum Gasteiger partial charge on any atom is -0.253 e. The standard InChI is InChI=1S/C15H16N4/c1-4-10-12-14(18-7-5-16-12)11(9(2)3)15-13(10)17-6-8-19-15/h5-9H,4H2,1-3H3. The summed E-state index contributed by atoms with van der Waals surface area (Å²) >= 11 is 0. The highest BCUT2D eigenvalue weighted by Crippen LogP contribution is 2.32. The molecule has 0 radical (unpaired) electrons. The highest BCUT2D eigenvalue weighted by atomic mass is 14.8. The van der Waals surface area contributed by atoms with Crippen molar-refractivity contribution in [2.45, 2.75) is 33.1 Å². The van der Waals surface area contributed by atoms with E-state index >= 15 is 0 Å². The molecule has 0 aliphatic heterocycles. The van der Waals surface area contributed by atoms with Crippen LogP contribution >= 0.6 is 0 Å². The number of nitrogens with zero attached hydrogens (tertiary/aromatic N) is 4. The zero-order valence-corrected chi connectivity index (χ0v) is 11.4. The molecule has 0 fully saturated rings. The SMILES string of the molecule is CCc1c2nccnc2c(C(C)C)c2nccnc12. The fraction of sp³-hybridized carbons (Fsp3) is 0.333. The molecule has 0 unspecified atom stereocenters. The summed E-state index contributed by atoms with van der Waals surface area (Å²) < 4.78 is 0. The maximum absolute atomic E-state index is 4.53. The van der Waals surface area contributed by atoms with E-state index in [1.807, 2.05) is 0 Å². The molecule has 96 valence electrons. The van der Waals surface area contributed by atoms with Gasteiger partial charge in [0.25, 0.3) is 0 Å². The van der Waals surface area contributed by atoms with E-state index in [0.717, 1.165) is 39.6 Å². The first-order valence-electron chi connectivity index (χ1n) is 6.60. The Morgan fingerprint density at radius 2 is 1.21 bits per heavy atom. The summed E-state index contributed by atoms with van der Waals surface area (Å²) in [4.78, 5) is 18.1. The van der Waals surface area contributed by atoms with Gasteiger partial charge in [0.2, 0.25) is 0 Å². The number of hydrogen-bond donors (Lipinski definition) is 0. The highest BCUT2D eigenvalue weighted by Gasteiger charge is 2.18. The summed E-state index contributed by atoms with van der Waals surface area (Å²) in [6.07, 6.45) is 7.86. The summed E-state index contributed by atoms with van der Waals surface area (Å²) in [6.45, 7) is 6.43. The van der Waals surface area contributed by atoms with Gasteiger partial charge < -0.3 is 0 Å². The lowest BCUT2D eigenvalue weighted by atomic mass is 9.95. The van der Waals surface area contributed by atoms with Crippen molar-refractivity contribution in [2.24, 2.45) is 0 Å². The zero-order chi connectivity index (χ0) is 13.4. The normalized spacial score (nSPS) is 11.6. The fourth-order valence-electron chi connectivity index (χ4n) is 2.62. The molecule has 19 heavy (non-hydrogen) atoms. The second-order valence-corrected chi connectivity index (χ2v) is 4.91. The quantitative estimate of drug-likeness (QED) is 0.657. The smallest absolute Gasteiger partial charge is 0.0947 e. The van der Waals surface area contributed by atoms with Crippen LogP contribution in [0.3, 0.4) is 0 Å². The molecular weight excluding hydrogens is 236 g/mol. The molecule has 4 heteroatoms. The molecule has 0 aliphatic rings. The minimum atomic E-state index is 0.337. The van der Waals surface area contributed by atoms with Gasteiger partial charge in [-0.1, -0.05) is 20.8 Å². The monoisotopic (exact) mass is 252 g/mol. The molecule has 0 aliphatic carbocycles. The Bertz CT molecular complexity index is 693. The summed E-state index contributed by atoms with van der Waals surface area (Å²) in [6, 6.07) is 0. The van der Waals surface area contributed by atoms with E-state index in [0.29, 0.717) is 5.92 Å². The van der Waals surface area contributed by atoms with Crippen LogP contribution in [0.5, 0.6) is 0 Å². The van der Waals surface area contributed by atoms with Gasteiger partial charge in [0.05, 0.1) is 22.1 Å². The predicted octanol–water partition coefficient (Wildman–Crippen LogP) is 3.26. The van der Waals surface area contributed by atoms with E-state index in [-0.39, 0.29) is 0 Å². The number of fused-ring (bicyclic) bond motifs is 2. The molecule has 1 aromatic carbocycles. The van der Waals surface area contributed by atoms with Crippen LogP contribution in [0, 0.1) is 0 Å². The molecule has 0 saturated heterocycles. The first-order chi connectivity index (χ1) is 9.24. The number of benzene rings is 1. The van der Waals surface area contributed by atoms with Gasteiger partial charge in [0.15, 0.2) is 0 Å². The van der Waals surface area contributed by atoms with Gasteiger partial charge in [-0.25, -0.2) is 0 Å². The van der Waals surface area contributed by atoms with E-state index < -0.39 is 0 Å². The third-order valence-corrected chi connectivity index (χ3v) is 3.41. The Labute approximate surface area is 111 Å². The third-order valence-electron chi connectivity index (χ3n) is 3.41. The van der Waals surface area contributed by atoms with Gasteiger partial charge in [-0.15, -0.1) is 0 Å². The van der Waals surface area contributed by atoms with Crippen molar-refractivity contribution in [3.8, 4) is 0 Å². The second-order valence-electron chi connectivity index (χ2n) is 4.91. The van der Waals surface area contributed by atoms with E-state index in [1.54, 1.807) is 24.8 Å². The summed E-state index contributed by atoms with van der Waals surface area (Å²) in [5.74, 6) is 0.337. The molecule has 2 heterocycles. The van der Waals surface area contributed by atoms with E-state index in [1.165, 1.54) is 0 Å².